The Morgan fingerprint density at radius 3 is 2.41 bits per heavy atom. The van der Waals surface area contributed by atoms with Crippen molar-refractivity contribution in [1.82, 2.24) is 14.5 Å². The molecule has 1 aliphatic heterocycles. The van der Waals surface area contributed by atoms with Gasteiger partial charge in [-0.1, -0.05) is 37.1 Å². The number of aryl methyl sites for hydroxylation is 1. The van der Waals surface area contributed by atoms with Crippen molar-refractivity contribution < 1.29 is 4.79 Å². The van der Waals surface area contributed by atoms with Gasteiger partial charge in [-0.15, -0.1) is 0 Å². The number of aldehydes is 1. The highest BCUT2D eigenvalue weighted by molar-refractivity contribution is 6.35. The van der Waals surface area contributed by atoms with Gasteiger partial charge in [-0.05, 0) is 63.2 Å². The van der Waals surface area contributed by atoms with Crippen molar-refractivity contribution in [2.24, 2.45) is 0 Å². The van der Waals surface area contributed by atoms with Crippen LogP contribution in [0.3, 0.4) is 0 Å². The maximum atomic E-state index is 10.8. The second kappa shape index (κ2) is 9.16. The molecule has 0 spiro atoms. The first kappa shape index (κ1) is 19.6. The normalized spacial score (nSPS) is 14.6. The molecule has 0 amide bonds. The van der Waals surface area contributed by atoms with E-state index in [1.807, 2.05) is 22.9 Å². The van der Waals surface area contributed by atoms with Crippen molar-refractivity contribution in [3.05, 3.63) is 58.9 Å². The number of carbonyl (C=O) groups is 1. The molecule has 3 aromatic rings. The average Bonchev–Trinajstić information content (AvgIpc) is 3.05. The van der Waals surface area contributed by atoms with E-state index in [4.69, 9.17) is 11.6 Å². The summed E-state index contributed by atoms with van der Waals surface area (Å²) in [6, 6.07) is 10.0. The van der Waals surface area contributed by atoms with Crippen LogP contribution < -0.4 is 0 Å². The van der Waals surface area contributed by atoms with Crippen LogP contribution in [-0.4, -0.2) is 40.9 Å². The standard InChI is InChI=1S/C16H13ClN2O.C6H13N/c1-2-11-3-5-13(6-4-11)19-9-15(17)14-7-12(10-20)8-18-16(14)19;1-7-5-3-2-4-6-7/h3-10H,2H2,1H3;2-6H2,1H3. The van der Waals surface area contributed by atoms with E-state index in [0.29, 0.717) is 10.6 Å². The zero-order chi connectivity index (χ0) is 19.2. The molecule has 0 N–H and O–H groups in total. The predicted octanol–water partition coefficient (Wildman–Crippen LogP) is 5.16. The first-order valence-electron chi connectivity index (χ1n) is 9.52. The van der Waals surface area contributed by atoms with Gasteiger partial charge in [0.1, 0.15) is 5.65 Å². The lowest BCUT2D eigenvalue weighted by molar-refractivity contribution is 0.112. The van der Waals surface area contributed by atoms with E-state index in [2.05, 4.69) is 36.0 Å². The second-order valence-electron chi connectivity index (χ2n) is 6.99. The summed E-state index contributed by atoms with van der Waals surface area (Å²) in [6.07, 6.45) is 9.44. The van der Waals surface area contributed by atoms with E-state index in [1.165, 1.54) is 37.9 Å². The fourth-order valence-electron chi connectivity index (χ4n) is 3.29. The summed E-state index contributed by atoms with van der Waals surface area (Å²) in [5.74, 6) is 0. The highest BCUT2D eigenvalue weighted by Gasteiger charge is 2.10. The molecule has 0 atom stereocenters. The van der Waals surface area contributed by atoms with E-state index in [1.54, 1.807) is 12.3 Å². The van der Waals surface area contributed by atoms with Crippen LogP contribution in [0.2, 0.25) is 5.02 Å². The number of hydrogen-bond acceptors (Lipinski definition) is 3. The van der Waals surface area contributed by atoms with Crippen LogP contribution in [0.15, 0.2) is 42.7 Å². The number of rotatable bonds is 3. The van der Waals surface area contributed by atoms with Gasteiger partial charge < -0.3 is 4.90 Å². The van der Waals surface area contributed by atoms with Gasteiger partial charge in [0.25, 0.3) is 0 Å². The number of fused-ring (bicyclic) bond motifs is 1. The van der Waals surface area contributed by atoms with Gasteiger partial charge in [-0.2, -0.15) is 0 Å². The van der Waals surface area contributed by atoms with Crippen LogP contribution in [-0.2, 0) is 6.42 Å². The lowest BCUT2D eigenvalue weighted by Gasteiger charge is -2.20. The molecule has 2 aromatic heterocycles. The summed E-state index contributed by atoms with van der Waals surface area (Å²) in [7, 11) is 2.19. The summed E-state index contributed by atoms with van der Waals surface area (Å²) in [4.78, 5) is 17.6. The molecule has 1 aromatic carbocycles. The van der Waals surface area contributed by atoms with Gasteiger partial charge in [0.05, 0.1) is 5.02 Å². The Labute approximate surface area is 165 Å². The Bertz CT molecular complexity index is 896. The summed E-state index contributed by atoms with van der Waals surface area (Å²) in [5.41, 5.74) is 3.57. The third kappa shape index (κ3) is 4.76. The first-order chi connectivity index (χ1) is 13.1. The number of hydrogen-bond donors (Lipinski definition) is 0. The van der Waals surface area contributed by atoms with Crippen molar-refractivity contribution in [1.29, 1.82) is 0 Å². The van der Waals surface area contributed by atoms with Gasteiger partial charge in [0.2, 0.25) is 0 Å². The Morgan fingerprint density at radius 2 is 1.85 bits per heavy atom. The number of aromatic nitrogens is 2. The molecule has 4 nitrogen and oxygen atoms in total. The van der Waals surface area contributed by atoms with Crippen molar-refractivity contribution in [3.8, 4) is 5.69 Å². The van der Waals surface area contributed by atoms with E-state index in [9.17, 15) is 4.79 Å². The average molecular weight is 384 g/mol. The smallest absolute Gasteiger partial charge is 0.151 e. The molecule has 3 heterocycles. The molecule has 1 fully saturated rings. The summed E-state index contributed by atoms with van der Waals surface area (Å²) >= 11 is 6.24. The van der Waals surface area contributed by atoms with Crippen molar-refractivity contribution in [3.63, 3.8) is 0 Å². The number of piperidine rings is 1. The molecule has 142 valence electrons. The molecular weight excluding hydrogens is 358 g/mol. The fraction of sp³-hybridized carbons (Fsp3) is 0.364. The first-order valence-corrected chi connectivity index (χ1v) is 9.89. The van der Waals surface area contributed by atoms with Gasteiger partial charge in [-0.3, -0.25) is 9.36 Å². The molecule has 0 radical (unpaired) electrons. The third-order valence-corrected chi connectivity index (χ3v) is 5.26. The molecule has 0 saturated carbocycles. The molecule has 1 saturated heterocycles. The minimum absolute atomic E-state index is 0.526. The van der Waals surface area contributed by atoms with Crippen molar-refractivity contribution >= 4 is 28.9 Å². The van der Waals surface area contributed by atoms with Gasteiger partial charge in [-0.25, -0.2) is 4.98 Å². The molecule has 1 aliphatic rings. The minimum atomic E-state index is 0.526. The number of halogens is 1. The van der Waals surface area contributed by atoms with Crippen LogP contribution in [0, 0.1) is 0 Å². The summed E-state index contributed by atoms with van der Waals surface area (Å²) < 4.78 is 1.94. The Balaban J connectivity index is 0.000000253. The second-order valence-corrected chi connectivity index (χ2v) is 7.40. The lowest BCUT2D eigenvalue weighted by atomic mass is 10.1. The lowest BCUT2D eigenvalue weighted by Crippen LogP contribution is -2.24. The van der Waals surface area contributed by atoms with Crippen LogP contribution in [0.1, 0.15) is 42.1 Å². The van der Waals surface area contributed by atoms with Gasteiger partial charge >= 0.3 is 0 Å². The number of carbonyl (C=O) groups excluding carboxylic acids is 1. The predicted molar refractivity (Wildman–Crippen MR) is 112 cm³/mol. The maximum absolute atomic E-state index is 10.8. The molecule has 0 aliphatic carbocycles. The topological polar surface area (TPSA) is 38.1 Å². The highest BCUT2D eigenvalue weighted by Crippen LogP contribution is 2.27. The van der Waals surface area contributed by atoms with E-state index in [-0.39, 0.29) is 0 Å². The number of benzene rings is 1. The minimum Gasteiger partial charge on any atom is -0.306 e. The molecule has 5 heteroatoms. The quantitative estimate of drug-likeness (QED) is 0.586. The monoisotopic (exact) mass is 383 g/mol. The molecule has 0 bridgehead atoms. The summed E-state index contributed by atoms with van der Waals surface area (Å²) in [6.45, 7) is 4.76. The SMILES string of the molecule is CCc1ccc(-n2cc(Cl)c3cc(C=O)cnc32)cc1.CN1CCCCC1. The van der Waals surface area contributed by atoms with Crippen LogP contribution >= 0.6 is 11.6 Å². The highest BCUT2D eigenvalue weighted by atomic mass is 35.5. The Morgan fingerprint density at radius 1 is 1.15 bits per heavy atom. The number of nitrogens with zero attached hydrogens (tertiary/aromatic N) is 3. The van der Waals surface area contributed by atoms with E-state index >= 15 is 0 Å². The molecule has 4 rings (SSSR count). The van der Waals surface area contributed by atoms with Crippen LogP contribution in [0.4, 0.5) is 0 Å². The Hall–Kier alpha value is -2.17. The number of likely N-dealkylation sites (tertiary alicyclic amines) is 1. The maximum Gasteiger partial charge on any atom is 0.151 e. The zero-order valence-corrected chi connectivity index (χ0v) is 16.7. The number of pyridine rings is 1. The van der Waals surface area contributed by atoms with Crippen LogP contribution in [0.5, 0.6) is 0 Å². The molecule has 27 heavy (non-hydrogen) atoms. The van der Waals surface area contributed by atoms with E-state index in [0.717, 1.165) is 29.4 Å². The van der Waals surface area contributed by atoms with Crippen LogP contribution in [0.25, 0.3) is 16.7 Å². The largest absolute Gasteiger partial charge is 0.306 e. The van der Waals surface area contributed by atoms with Crippen molar-refractivity contribution in [2.75, 3.05) is 20.1 Å². The fourth-order valence-corrected chi connectivity index (χ4v) is 3.53. The summed E-state index contributed by atoms with van der Waals surface area (Å²) in [5, 5.41) is 1.38. The molecule has 0 unspecified atom stereocenters. The zero-order valence-electron chi connectivity index (χ0n) is 16.0. The Kier molecular flexibility index (Phi) is 6.64. The van der Waals surface area contributed by atoms with Gasteiger partial charge in [0, 0.05) is 29.0 Å². The van der Waals surface area contributed by atoms with Crippen molar-refractivity contribution in [2.45, 2.75) is 32.6 Å². The van der Waals surface area contributed by atoms with E-state index < -0.39 is 0 Å². The molecular formula is C22H26ClN3O. The third-order valence-electron chi connectivity index (χ3n) is 4.95. The van der Waals surface area contributed by atoms with Gasteiger partial charge in [0.15, 0.2) is 6.29 Å².